The van der Waals surface area contributed by atoms with Gasteiger partial charge in [-0.25, -0.2) is 13.4 Å². The highest BCUT2D eigenvalue weighted by Gasteiger charge is 2.25. The Kier molecular flexibility index (Phi) is 5.13. The summed E-state index contributed by atoms with van der Waals surface area (Å²) in [6.07, 6.45) is 3.89. The quantitative estimate of drug-likeness (QED) is 0.814. The first-order valence-electron chi connectivity index (χ1n) is 8.39. The molecule has 3 rings (SSSR count). The van der Waals surface area contributed by atoms with Crippen LogP contribution in [0.4, 0.5) is 22.9 Å². The van der Waals surface area contributed by atoms with Gasteiger partial charge < -0.3 is 15.5 Å². The average Bonchev–Trinajstić information content (AvgIpc) is 3.00. The number of pyridine rings is 1. The fourth-order valence-electron chi connectivity index (χ4n) is 2.87. The zero-order valence-corrected chi connectivity index (χ0v) is 15.8. The molecule has 1 fully saturated rings. The molecule has 0 unspecified atom stereocenters. The lowest BCUT2D eigenvalue weighted by Gasteiger charge is -2.21. The van der Waals surface area contributed by atoms with Gasteiger partial charge in [0, 0.05) is 37.9 Å². The molecule has 1 aromatic carbocycles. The van der Waals surface area contributed by atoms with E-state index in [1.807, 2.05) is 0 Å². The average molecular weight is 388 g/mol. The van der Waals surface area contributed by atoms with E-state index in [4.69, 9.17) is 0 Å². The van der Waals surface area contributed by atoms with Crippen LogP contribution in [0.25, 0.3) is 0 Å². The minimum absolute atomic E-state index is 0.00277. The van der Waals surface area contributed by atoms with Gasteiger partial charge in [0.2, 0.25) is 11.8 Å². The first kappa shape index (κ1) is 18.8. The Labute approximate surface area is 157 Å². The first-order valence-corrected chi connectivity index (χ1v) is 10.3. The molecule has 0 saturated carbocycles. The highest BCUT2D eigenvalue weighted by Crippen LogP contribution is 2.33. The Hall–Kier alpha value is -2.94. The van der Waals surface area contributed by atoms with Crippen LogP contribution in [0, 0.1) is 0 Å². The number of nitrogens with one attached hydrogen (secondary N) is 2. The van der Waals surface area contributed by atoms with Gasteiger partial charge in [0.25, 0.3) is 0 Å². The Morgan fingerprint density at radius 2 is 2.04 bits per heavy atom. The topological polar surface area (TPSA) is 108 Å². The molecule has 1 saturated heterocycles. The monoisotopic (exact) mass is 388 g/mol. The molecule has 1 aliphatic heterocycles. The number of amides is 2. The van der Waals surface area contributed by atoms with Gasteiger partial charge in [0.15, 0.2) is 9.84 Å². The number of hydrogen-bond donors (Lipinski definition) is 2. The standard InChI is InChI=1S/C18H20N4O4S/c1-12(23)20-17-10-15(16(11-19-17)22-8-4-7-18(22)24)21-13-5-3-6-14(9-13)27(2,25)26/h3,5-6,9-11H,4,7-8H2,1-2H3,(H2,19,20,21,23). The van der Waals surface area contributed by atoms with Crippen molar-refractivity contribution in [2.75, 3.05) is 28.3 Å². The minimum atomic E-state index is -3.35. The van der Waals surface area contributed by atoms with E-state index < -0.39 is 9.84 Å². The van der Waals surface area contributed by atoms with Crippen molar-refractivity contribution in [2.45, 2.75) is 24.7 Å². The SMILES string of the molecule is CC(=O)Nc1cc(Nc2cccc(S(C)(=O)=O)c2)c(N2CCCC2=O)cn1. The van der Waals surface area contributed by atoms with E-state index in [0.717, 1.165) is 12.7 Å². The molecule has 9 heteroatoms. The molecule has 1 aromatic heterocycles. The molecule has 0 bridgehead atoms. The summed E-state index contributed by atoms with van der Waals surface area (Å²) in [7, 11) is -3.35. The second kappa shape index (κ2) is 7.36. The van der Waals surface area contributed by atoms with E-state index in [9.17, 15) is 18.0 Å². The highest BCUT2D eigenvalue weighted by atomic mass is 32.2. The molecular weight excluding hydrogens is 368 g/mol. The van der Waals surface area contributed by atoms with Crippen molar-refractivity contribution in [3.05, 3.63) is 36.5 Å². The largest absolute Gasteiger partial charge is 0.354 e. The Bertz CT molecular complexity index is 1000. The van der Waals surface area contributed by atoms with E-state index in [0.29, 0.717) is 35.8 Å². The molecule has 2 heterocycles. The van der Waals surface area contributed by atoms with Crippen LogP contribution in [0.5, 0.6) is 0 Å². The highest BCUT2D eigenvalue weighted by molar-refractivity contribution is 7.90. The summed E-state index contributed by atoms with van der Waals surface area (Å²) in [4.78, 5) is 29.5. The van der Waals surface area contributed by atoms with Crippen molar-refractivity contribution in [3.63, 3.8) is 0 Å². The maximum Gasteiger partial charge on any atom is 0.227 e. The fraction of sp³-hybridized carbons (Fsp3) is 0.278. The zero-order valence-electron chi connectivity index (χ0n) is 15.0. The number of carbonyl (C=O) groups excluding carboxylic acids is 2. The van der Waals surface area contributed by atoms with Crippen molar-refractivity contribution in [2.24, 2.45) is 0 Å². The third-order valence-corrected chi connectivity index (χ3v) is 5.20. The normalized spacial score (nSPS) is 14.3. The molecule has 8 nitrogen and oxygen atoms in total. The van der Waals surface area contributed by atoms with Crippen LogP contribution in [0.2, 0.25) is 0 Å². The maximum absolute atomic E-state index is 12.1. The van der Waals surface area contributed by atoms with Gasteiger partial charge in [-0.3, -0.25) is 9.59 Å². The molecule has 0 spiro atoms. The molecule has 2 amide bonds. The van der Waals surface area contributed by atoms with Gasteiger partial charge in [-0.1, -0.05) is 6.07 Å². The van der Waals surface area contributed by atoms with Crippen molar-refractivity contribution >= 4 is 44.5 Å². The Balaban J connectivity index is 2.01. The van der Waals surface area contributed by atoms with E-state index in [1.54, 1.807) is 23.1 Å². The third-order valence-electron chi connectivity index (χ3n) is 4.09. The molecule has 0 radical (unpaired) electrons. The van der Waals surface area contributed by atoms with Crippen LogP contribution in [0.15, 0.2) is 41.4 Å². The molecule has 0 aliphatic carbocycles. The second-order valence-electron chi connectivity index (χ2n) is 6.34. The number of carbonyl (C=O) groups is 2. The lowest BCUT2D eigenvalue weighted by Crippen LogP contribution is -2.25. The molecule has 27 heavy (non-hydrogen) atoms. The zero-order chi connectivity index (χ0) is 19.6. The number of nitrogens with zero attached hydrogens (tertiary/aromatic N) is 2. The van der Waals surface area contributed by atoms with E-state index in [2.05, 4.69) is 15.6 Å². The van der Waals surface area contributed by atoms with Crippen LogP contribution in [-0.2, 0) is 19.4 Å². The van der Waals surface area contributed by atoms with Crippen LogP contribution in [-0.4, -0.2) is 38.0 Å². The number of anilines is 4. The molecule has 0 atom stereocenters. The summed E-state index contributed by atoms with van der Waals surface area (Å²) >= 11 is 0. The molecule has 2 aromatic rings. The predicted octanol–water partition coefficient (Wildman–Crippen LogP) is 2.31. The summed E-state index contributed by atoms with van der Waals surface area (Å²) in [5.74, 6) is 0.0641. The minimum Gasteiger partial charge on any atom is -0.354 e. The van der Waals surface area contributed by atoms with Crippen LogP contribution < -0.4 is 15.5 Å². The van der Waals surface area contributed by atoms with Gasteiger partial charge in [0.1, 0.15) is 5.82 Å². The first-order chi connectivity index (χ1) is 12.7. The number of aromatic nitrogens is 1. The maximum atomic E-state index is 12.1. The summed E-state index contributed by atoms with van der Waals surface area (Å²) in [5, 5.41) is 5.75. The Morgan fingerprint density at radius 3 is 2.67 bits per heavy atom. The predicted molar refractivity (Wildman–Crippen MR) is 103 cm³/mol. The van der Waals surface area contributed by atoms with E-state index in [1.165, 1.54) is 25.3 Å². The van der Waals surface area contributed by atoms with Crippen molar-refractivity contribution in [1.82, 2.24) is 4.98 Å². The number of hydrogen-bond acceptors (Lipinski definition) is 6. The lowest BCUT2D eigenvalue weighted by atomic mass is 10.2. The van der Waals surface area contributed by atoms with E-state index in [-0.39, 0.29) is 16.7 Å². The lowest BCUT2D eigenvalue weighted by molar-refractivity contribution is -0.117. The van der Waals surface area contributed by atoms with Gasteiger partial charge in [-0.15, -0.1) is 0 Å². The summed E-state index contributed by atoms with van der Waals surface area (Å²) in [5.41, 5.74) is 1.68. The number of benzene rings is 1. The van der Waals surface area contributed by atoms with Crippen LogP contribution >= 0.6 is 0 Å². The molecule has 2 N–H and O–H groups in total. The summed E-state index contributed by atoms with van der Waals surface area (Å²) in [6, 6.07) is 8.01. The van der Waals surface area contributed by atoms with Gasteiger partial charge in [-0.2, -0.15) is 0 Å². The third kappa shape index (κ3) is 4.43. The smallest absolute Gasteiger partial charge is 0.227 e. The molecular formula is C18H20N4O4S. The van der Waals surface area contributed by atoms with Crippen molar-refractivity contribution < 1.29 is 18.0 Å². The van der Waals surface area contributed by atoms with Gasteiger partial charge in [0.05, 0.1) is 22.5 Å². The van der Waals surface area contributed by atoms with Gasteiger partial charge in [-0.05, 0) is 24.6 Å². The fourth-order valence-corrected chi connectivity index (χ4v) is 3.54. The summed E-state index contributed by atoms with van der Waals surface area (Å²) in [6.45, 7) is 1.96. The summed E-state index contributed by atoms with van der Waals surface area (Å²) < 4.78 is 23.6. The van der Waals surface area contributed by atoms with Crippen LogP contribution in [0.3, 0.4) is 0 Å². The molecule has 142 valence electrons. The van der Waals surface area contributed by atoms with Crippen molar-refractivity contribution in [3.8, 4) is 0 Å². The van der Waals surface area contributed by atoms with Crippen molar-refractivity contribution in [1.29, 1.82) is 0 Å². The van der Waals surface area contributed by atoms with Gasteiger partial charge >= 0.3 is 0 Å². The number of rotatable bonds is 5. The molecule has 1 aliphatic rings. The van der Waals surface area contributed by atoms with Crippen LogP contribution in [0.1, 0.15) is 19.8 Å². The second-order valence-corrected chi connectivity index (χ2v) is 8.36. The Morgan fingerprint density at radius 1 is 1.26 bits per heavy atom. The van der Waals surface area contributed by atoms with E-state index >= 15 is 0 Å². The number of sulfone groups is 1.